The Morgan fingerprint density at radius 1 is 1.17 bits per heavy atom. The monoisotopic (exact) mass is 430 g/mol. The number of amides is 1. The largest absolute Gasteiger partial charge is 0.481 e. The summed E-state index contributed by atoms with van der Waals surface area (Å²) in [5, 5.41) is 17.3. The fourth-order valence-corrected chi connectivity index (χ4v) is 3.20. The molecule has 0 rings (SSSR count). The minimum absolute atomic E-state index is 0.00648. The number of nitroso groups, excluding NO2 is 1. The maximum absolute atomic E-state index is 13.3. The van der Waals surface area contributed by atoms with Crippen molar-refractivity contribution in [3.63, 3.8) is 0 Å². The number of carboxylic acid groups (broad SMARTS) is 1. The zero-order valence-corrected chi connectivity index (χ0v) is 19.0. The number of Topliss-reactive ketones (excluding diaryl/α,β-unsaturated/α-hetero) is 1. The molecule has 4 N–H and O–H groups in total. The molecule has 0 fully saturated rings. The van der Waals surface area contributed by atoms with E-state index in [0.29, 0.717) is 19.4 Å². The van der Waals surface area contributed by atoms with Gasteiger partial charge in [0.25, 0.3) is 0 Å². The summed E-state index contributed by atoms with van der Waals surface area (Å²) in [5.41, 5.74) is 0.728. The van der Waals surface area contributed by atoms with Gasteiger partial charge in [-0.2, -0.15) is 0 Å². The van der Waals surface area contributed by atoms with Crippen molar-refractivity contribution in [1.29, 1.82) is 0 Å². The second kappa shape index (κ2) is 13.3. The molecule has 0 aliphatic heterocycles. The van der Waals surface area contributed by atoms with Crippen molar-refractivity contribution >= 4 is 17.7 Å². The van der Waals surface area contributed by atoms with Crippen LogP contribution in [0.15, 0.2) is 5.29 Å². The molecule has 10 heteroatoms. The Hall–Kier alpha value is -2.07. The minimum atomic E-state index is -1.02. The highest BCUT2D eigenvalue weighted by molar-refractivity contribution is 5.95. The molecule has 0 aromatic carbocycles. The van der Waals surface area contributed by atoms with Crippen LogP contribution in [0.3, 0.4) is 0 Å². The summed E-state index contributed by atoms with van der Waals surface area (Å²) in [7, 11) is 0. The number of hydrogen-bond donors (Lipinski definition) is 4. The lowest BCUT2D eigenvalue weighted by Gasteiger charge is -2.33. The Labute approximate surface area is 178 Å². The predicted molar refractivity (Wildman–Crippen MR) is 114 cm³/mol. The molecule has 0 aromatic rings. The van der Waals surface area contributed by atoms with E-state index in [1.807, 2.05) is 27.7 Å². The van der Waals surface area contributed by atoms with Gasteiger partial charge in [-0.3, -0.25) is 25.1 Å². The van der Waals surface area contributed by atoms with Crippen LogP contribution in [-0.2, 0) is 19.1 Å². The number of ether oxygens (including phenoxy) is 1. The van der Waals surface area contributed by atoms with Crippen LogP contribution in [0.4, 0.5) is 0 Å². The smallest absolute Gasteiger partial charge is 0.303 e. The molecule has 0 radical (unpaired) electrons. The third kappa shape index (κ3) is 10.6. The Morgan fingerprint density at radius 2 is 1.80 bits per heavy atom. The minimum Gasteiger partial charge on any atom is -0.481 e. The fraction of sp³-hybridized carbons (Fsp3) is 0.850. The van der Waals surface area contributed by atoms with Crippen LogP contribution < -0.4 is 16.1 Å². The van der Waals surface area contributed by atoms with Gasteiger partial charge in [-0.05, 0) is 52.9 Å². The second-order valence-corrected chi connectivity index (χ2v) is 8.40. The van der Waals surface area contributed by atoms with Gasteiger partial charge in [0, 0.05) is 19.4 Å². The number of carboxylic acids is 1. The van der Waals surface area contributed by atoms with E-state index in [9.17, 15) is 19.3 Å². The molecule has 10 nitrogen and oxygen atoms in total. The number of rotatable bonds is 17. The molecule has 0 saturated heterocycles. The van der Waals surface area contributed by atoms with Gasteiger partial charge in [0.2, 0.25) is 5.91 Å². The van der Waals surface area contributed by atoms with Gasteiger partial charge in [-0.25, -0.2) is 0 Å². The van der Waals surface area contributed by atoms with Crippen LogP contribution in [0.1, 0.15) is 73.6 Å². The van der Waals surface area contributed by atoms with E-state index >= 15 is 0 Å². The number of carbonyl (C=O) groups excluding carboxylic acids is 2. The lowest BCUT2D eigenvalue weighted by atomic mass is 9.84. The molecular weight excluding hydrogens is 392 g/mol. The Kier molecular flexibility index (Phi) is 12.4. The van der Waals surface area contributed by atoms with E-state index in [4.69, 9.17) is 9.84 Å². The van der Waals surface area contributed by atoms with E-state index < -0.39 is 23.2 Å². The van der Waals surface area contributed by atoms with Crippen LogP contribution in [0.2, 0.25) is 0 Å². The van der Waals surface area contributed by atoms with Gasteiger partial charge in [0.05, 0.1) is 29.1 Å². The van der Waals surface area contributed by atoms with Crippen molar-refractivity contribution in [1.82, 2.24) is 16.1 Å². The van der Waals surface area contributed by atoms with E-state index in [-0.39, 0.29) is 43.5 Å². The summed E-state index contributed by atoms with van der Waals surface area (Å²) in [4.78, 5) is 47.1. The van der Waals surface area contributed by atoms with Gasteiger partial charge in [-0.15, -0.1) is 4.91 Å². The molecule has 0 saturated carbocycles. The van der Waals surface area contributed by atoms with Crippen molar-refractivity contribution in [2.24, 2.45) is 11.2 Å². The van der Waals surface area contributed by atoms with Crippen molar-refractivity contribution in [2.45, 2.75) is 90.8 Å². The first kappa shape index (κ1) is 27.9. The van der Waals surface area contributed by atoms with Gasteiger partial charge < -0.3 is 15.2 Å². The third-order valence-electron chi connectivity index (χ3n) is 5.18. The predicted octanol–water partition coefficient (Wildman–Crippen LogP) is 2.12. The van der Waals surface area contributed by atoms with E-state index in [1.165, 1.54) is 0 Å². The van der Waals surface area contributed by atoms with Crippen molar-refractivity contribution in [2.75, 3.05) is 13.3 Å². The average Bonchev–Trinajstić information content (AvgIpc) is 2.64. The maximum Gasteiger partial charge on any atom is 0.303 e. The Morgan fingerprint density at radius 3 is 2.30 bits per heavy atom. The number of nitrogens with zero attached hydrogens (tertiary/aromatic N) is 1. The molecule has 1 amide bonds. The summed E-state index contributed by atoms with van der Waals surface area (Å²) < 4.78 is 5.60. The molecule has 174 valence electrons. The molecule has 0 heterocycles. The van der Waals surface area contributed by atoms with Crippen LogP contribution in [0.5, 0.6) is 0 Å². The first-order chi connectivity index (χ1) is 13.9. The number of hydrogen-bond acceptors (Lipinski definition) is 7. The highest BCUT2D eigenvalue weighted by Gasteiger charge is 2.37. The van der Waals surface area contributed by atoms with E-state index in [0.717, 1.165) is 0 Å². The highest BCUT2D eigenvalue weighted by atomic mass is 16.5. The van der Waals surface area contributed by atoms with E-state index in [1.54, 1.807) is 13.8 Å². The van der Waals surface area contributed by atoms with Gasteiger partial charge in [0.1, 0.15) is 0 Å². The topological polar surface area (TPSA) is 146 Å². The number of ketones is 1. The zero-order valence-electron chi connectivity index (χ0n) is 19.0. The molecule has 0 bridgehead atoms. The molecular formula is C20H38N4O6. The number of aliphatic carboxylic acids is 1. The van der Waals surface area contributed by atoms with Crippen LogP contribution in [0.25, 0.3) is 0 Å². The first-order valence-electron chi connectivity index (χ1n) is 10.4. The van der Waals surface area contributed by atoms with Crippen molar-refractivity contribution < 1.29 is 24.2 Å². The number of nitrogens with one attached hydrogen (secondary N) is 3. The maximum atomic E-state index is 13.3. The molecule has 0 aliphatic rings. The SMILES string of the molecule is CCOC(C)(C)CCC(=O)N[C@@H](CC(C)CC(=O)O)C(=O)C(C)(CC)NCNN=O. The molecule has 3 atom stereocenters. The van der Waals surface area contributed by atoms with Crippen LogP contribution in [-0.4, -0.2) is 53.2 Å². The summed E-state index contributed by atoms with van der Waals surface area (Å²) >= 11 is 0. The molecule has 2 unspecified atom stereocenters. The Balaban J connectivity index is 5.33. The summed E-state index contributed by atoms with van der Waals surface area (Å²) in [6.07, 6.45) is 1.16. The molecule has 0 spiro atoms. The fourth-order valence-electron chi connectivity index (χ4n) is 3.20. The average molecular weight is 431 g/mol. The standard InChI is InChI=1S/C20H38N4O6/c1-7-20(6,21-13-22-24-29)18(28)15(11-14(3)12-17(26)27)23-16(25)9-10-19(4,5)30-8-2/h14-15,21H,7-13H2,1-6H3,(H,22,29)(H,23,25)(H,26,27)/t14?,15-,20?/m0/s1. The second-order valence-electron chi connectivity index (χ2n) is 8.40. The van der Waals surface area contributed by atoms with Crippen LogP contribution >= 0.6 is 0 Å². The van der Waals surface area contributed by atoms with Crippen molar-refractivity contribution in [3.8, 4) is 0 Å². The molecule has 0 aromatic heterocycles. The van der Waals surface area contributed by atoms with E-state index in [2.05, 4.69) is 21.3 Å². The Bertz CT molecular complexity index is 584. The molecule has 30 heavy (non-hydrogen) atoms. The highest BCUT2D eigenvalue weighted by Crippen LogP contribution is 2.20. The lowest BCUT2D eigenvalue weighted by molar-refractivity contribution is -0.138. The van der Waals surface area contributed by atoms with Gasteiger partial charge in [-0.1, -0.05) is 13.8 Å². The van der Waals surface area contributed by atoms with Crippen molar-refractivity contribution in [3.05, 3.63) is 4.91 Å². The summed E-state index contributed by atoms with van der Waals surface area (Å²) in [5.74, 6) is -1.84. The van der Waals surface area contributed by atoms with Gasteiger partial charge in [0.15, 0.2) is 5.78 Å². The quantitative estimate of drug-likeness (QED) is 0.119. The number of carbonyl (C=O) groups is 3. The molecule has 0 aliphatic carbocycles. The lowest BCUT2D eigenvalue weighted by Crippen LogP contribution is -2.59. The summed E-state index contributed by atoms with van der Waals surface area (Å²) in [6, 6.07) is -0.858. The third-order valence-corrected chi connectivity index (χ3v) is 5.18. The van der Waals surface area contributed by atoms with Crippen LogP contribution in [0, 0.1) is 10.8 Å². The van der Waals surface area contributed by atoms with Gasteiger partial charge >= 0.3 is 5.97 Å². The normalized spacial score (nSPS) is 15.5. The zero-order chi connectivity index (χ0) is 23.4. The summed E-state index contributed by atoms with van der Waals surface area (Å²) in [6.45, 7) is 11.4. The first-order valence-corrected chi connectivity index (χ1v) is 10.4.